The van der Waals surface area contributed by atoms with Crippen LogP contribution in [-0.2, 0) is 13.0 Å². The largest absolute Gasteiger partial charge is 0.493 e. The van der Waals surface area contributed by atoms with Crippen LogP contribution in [0.4, 0.5) is 0 Å². The van der Waals surface area contributed by atoms with Crippen LogP contribution in [0.1, 0.15) is 15.9 Å². The van der Waals surface area contributed by atoms with Gasteiger partial charge in [0.05, 0.1) is 25.5 Å². The van der Waals surface area contributed by atoms with Gasteiger partial charge in [-0.2, -0.15) is 0 Å². The van der Waals surface area contributed by atoms with E-state index in [4.69, 9.17) is 9.47 Å². The Bertz CT molecular complexity index is 687. The summed E-state index contributed by atoms with van der Waals surface area (Å²) in [5.41, 5.74) is 3.03. The Morgan fingerprint density at radius 2 is 1.95 bits per heavy atom. The summed E-state index contributed by atoms with van der Waals surface area (Å²) < 4.78 is 12.6. The third kappa shape index (κ3) is 1.74. The zero-order valence-corrected chi connectivity index (χ0v) is 11.3. The van der Waals surface area contributed by atoms with Crippen molar-refractivity contribution in [2.24, 2.45) is 0 Å². The number of benzene rings is 1. The molecule has 0 amide bonds. The standard InChI is InChI=1S/C15H15NO4/c1-19-12-7-9-3-5-16-6-4-10(15(17)18)14(16)11(9)8-13(12)20-2/h4,6-8H,3,5H2,1-2H3,(H,17,18). The topological polar surface area (TPSA) is 60.7 Å². The predicted octanol–water partition coefficient (Wildman–Crippen LogP) is 2.43. The Balaban J connectivity index is 2.25. The summed E-state index contributed by atoms with van der Waals surface area (Å²) in [6.45, 7) is 0.769. The first-order valence-electron chi connectivity index (χ1n) is 6.33. The fraction of sp³-hybridized carbons (Fsp3) is 0.267. The zero-order chi connectivity index (χ0) is 14.3. The molecule has 0 atom stereocenters. The van der Waals surface area contributed by atoms with Gasteiger partial charge in [0, 0.05) is 18.3 Å². The van der Waals surface area contributed by atoms with Crippen molar-refractivity contribution in [3.8, 4) is 22.8 Å². The van der Waals surface area contributed by atoms with Gasteiger partial charge in [-0.1, -0.05) is 0 Å². The van der Waals surface area contributed by atoms with Crippen LogP contribution in [0.3, 0.4) is 0 Å². The van der Waals surface area contributed by atoms with Crippen molar-refractivity contribution < 1.29 is 19.4 Å². The summed E-state index contributed by atoms with van der Waals surface area (Å²) in [7, 11) is 3.17. The van der Waals surface area contributed by atoms with Crippen LogP contribution in [0.15, 0.2) is 24.4 Å². The van der Waals surface area contributed by atoms with E-state index in [0.717, 1.165) is 29.8 Å². The minimum absolute atomic E-state index is 0.318. The second-order valence-electron chi connectivity index (χ2n) is 4.69. The molecular formula is C15H15NO4. The number of methoxy groups -OCH3 is 2. The molecule has 0 saturated heterocycles. The highest BCUT2D eigenvalue weighted by Gasteiger charge is 2.24. The van der Waals surface area contributed by atoms with E-state index in [1.807, 2.05) is 22.9 Å². The number of fused-ring (bicyclic) bond motifs is 3. The Hall–Kier alpha value is -2.43. The number of aromatic nitrogens is 1. The summed E-state index contributed by atoms with van der Waals surface area (Å²) in [5, 5.41) is 9.31. The Morgan fingerprint density at radius 1 is 1.25 bits per heavy atom. The van der Waals surface area contributed by atoms with E-state index >= 15 is 0 Å². The molecule has 0 bridgehead atoms. The number of ether oxygens (including phenoxy) is 2. The lowest BCUT2D eigenvalue weighted by molar-refractivity contribution is 0.0697. The van der Waals surface area contributed by atoms with Crippen molar-refractivity contribution in [1.29, 1.82) is 0 Å². The molecule has 0 unspecified atom stereocenters. The van der Waals surface area contributed by atoms with E-state index in [-0.39, 0.29) is 0 Å². The number of nitrogens with zero attached hydrogens (tertiary/aromatic N) is 1. The Kier molecular flexibility index (Phi) is 2.89. The van der Waals surface area contributed by atoms with E-state index in [1.165, 1.54) is 0 Å². The lowest BCUT2D eigenvalue weighted by atomic mass is 9.95. The normalized spacial score (nSPS) is 12.5. The van der Waals surface area contributed by atoms with E-state index < -0.39 is 5.97 Å². The number of rotatable bonds is 3. The molecule has 104 valence electrons. The molecule has 1 N–H and O–H groups in total. The fourth-order valence-electron chi connectivity index (χ4n) is 2.72. The van der Waals surface area contributed by atoms with Crippen molar-refractivity contribution in [3.63, 3.8) is 0 Å². The Morgan fingerprint density at radius 3 is 2.60 bits per heavy atom. The molecular weight excluding hydrogens is 258 g/mol. The summed E-state index contributed by atoms with van der Waals surface area (Å²) in [5.74, 6) is 0.363. The maximum atomic E-state index is 11.4. The number of hydrogen-bond acceptors (Lipinski definition) is 3. The lowest BCUT2D eigenvalue weighted by Crippen LogP contribution is -2.12. The SMILES string of the molecule is COc1cc2c(cc1OC)-c1c(C(=O)O)ccn1CC2. The highest BCUT2D eigenvalue weighted by molar-refractivity contribution is 5.96. The van der Waals surface area contributed by atoms with Crippen LogP contribution in [0.5, 0.6) is 11.5 Å². The second kappa shape index (κ2) is 4.59. The number of carboxylic acid groups (broad SMARTS) is 1. The molecule has 20 heavy (non-hydrogen) atoms. The molecule has 3 rings (SSSR count). The summed E-state index contributed by atoms with van der Waals surface area (Å²) in [4.78, 5) is 11.4. The highest BCUT2D eigenvalue weighted by Crippen LogP contribution is 2.40. The number of carboxylic acids is 1. The van der Waals surface area contributed by atoms with E-state index in [0.29, 0.717) is 17.1 Å². The summed E-state index contributed by atoms with van der Waals surface area (Å²) >= 11 is 0. The molecule has 0 saturated carbocycles. The molecule has 0 fully saturated rings. The molecule has 1 aromatic heterocycles. The highest BCUT2D eigenvalue weighted by atomic mass is 16.5. The summed E-state index contributed by atoms with van der Waals surface area (Å²) in [6, 6.07) is 5.42. The Labute approximate surface area is 116 Å². The smallest absolute Gasteiger partial charge is 0.337 e. The van der Waals surface area contributed by atoms with Gasteiger partial charge < -0.3 is 19.1 Å². The number of hydrogen-bond donors (Lipinski definition) is 1. The minimum atomic E-state index is -0.915. The van der Waals surface area contributed by atoms with Crippen molar-refractivity contribution >= 4 is 5.97 Å². The van der Waals surface area contributed by atoms with Crippen molar-refractivity contribution in [2.75, 3.05) is 14.2 Å². The monoisotopic (exact) mass is 273 g/mol. The van der Waals surface area contributed by atoms with E-state index in [2.05, 4.69) is 0 Å². The van der Waals surface area contributed by atoms with Crippen LogP contribution in [0, 0.1) is 0 Å². The van der Waals surface area contributed by atoms with Crippen LogP contribution in [0.25, 0.3) is 11.3 Å². The number of carbonyl (C=O) groups is 1. The van der Waals surface area contributed by atoms with Crippen molar-refractivity contribution in [3.05, 3.63) is 35.5 Å². The third-order valence-electron chi connectivity index (χ3n) is 3.68. The molecule has 1 aromatic carbocycles. The third-order valence-corrected chi connectivity index (χ3v) is 3.68. The molecule has 5 nitrogen and oxygen atoms in total. The van der Waals surface area contributed by atoms with Gasteiger partial charge in [0.1, 0.15) is 0 Å². The van der Waals surface area contributed by atoms with Gasteiger partial charge in [0.15, 0.2) is 11.5 Å². The molecule has 2 heterocycles. The van der Waals surface area contributed by atoms with Gasteiger partial charge in [0.2, 0.25) is 0 Å². The quantitative estimate of drug-likeness (QED) is 0.933. The minimum Gasteiger partial charge on any atom is -0.493 e. The molecule has 0 spiro atoms. The van der Waals surface area contributed by atoms with Gasteiger partial charge in [-0.05, 0) is 30.2 Å². The average molecular weight is 273 g/mol. The molecule has 5 heteroatoms. The molecule has 1 aliphatic heterocycles. The maximum absolute atomic E-state index is 11.4. The molecule has 1 aliphatic rings. The van der Waals surface area contributed by atoms with Gasteiger partial charge in [0.25, 0.3) is 0 Å². The van der Waals surface area contributed by atoms with Crippen LogP contribution < -0.4 is 9.47 Å². The zero-order valence-electron chi connectivity index (χ0n) is 11.3. The molecule has 0 radical (unpaired) electrons. The van der Waals surface area contributed by atoms with Crippen LogP contribution >= 0.6 is 0 Å². The van der Waals surface area contributed by atoms with Gasteiger partial charge in [-0.25, -0.2) is 4.79 Å². The van der Waals surface area contributed by atoms with Crippen molar-refractivity contribution in [1.82, 2.24) is 4.57 Å². The number of aryl methyl sites for hydroxylation is 2. The first-order chi connectivity index (χ1) is 9.65. The van der Waals surface area contributed by atoms with Crippen LogP contribution in [0.2, 0.25) is 0 Å². The number of aromatic carboxylic acids is 1. The fourth-order valence-corrected chi connectivity index (χ4v) is 2.72. The van der Waals surface area contributed by atoms with Crippen molar-refractivity contribution in [2.45, 2.75) is 13.0 Å². The van der Waals surface area contributed by atoms with Crippen LogP contribution in [-0.4, -0.2) is 29.9 Å². The maximum Gasteiger partial charge on any atom is 0.337 e. The second-order valence-corrected chi connectivity index (χ2v) is 4.69. The van der Waals surface area contributed by atoms with Gasteiger partial charge in [-0.15, -0.1) is 0 Å². The molecule has 0 aliphatic carbocycles. The van der Waals surface area contributed by atoms with E-state index in [1.54, 1.807) is 20.3 Å². The average Bonchev–Trinajstić information content (AvgIpc) is 2.90. The van der Waals surface area contributed by atoms with Gasteiger partial charge >= 0.3 is 5.97 Å². The lowest BCUT2D eigenvalue weighted by Gasteiger charge is -2.22. The van der Waals surface area contributed by atoms with Gasteiger partial charge in [-0.3, -0.25) is 0 Å². The first kappa shape index (κ1) is 12.6. The summed E-state index contributed by atoms with van der Waals surface area (Å²) in [6.07, 6.45) is 2.66. The predicted molar refractivity (Wildman–Crippen MR) is 73.6 cm³/mol. The molecule has 2 aromatic rings. The first-order valence-corrected chi connectivity index (χ1v) is 6.33. The van der Waals surface area contributed by atoms with E-state index in [9.17, 15) is 9.90 Å².